The van der Waals surface area contributed by atoms with Crippen LogP contribution >= 0.6 is 11.8 Å². The van der Waals surface area contributed by atoms with Gasteiger partial charge < -0.3 is 19.5 Å². The predicted octanol–water partition coefficient (Wildman–Crippen LogP) is 2.95. The molecule has 1 saturated heterocycles. The number of hydrogen-bond acceptors (Lipinski definition) is 6. The Labute approximate surface area is 143 Å². The van der Waals surface area contributed by atoms with E-state index in [2.05, 4.69) is 10.3 Å². The highest BCUT2D eigenvalue weighted by Crippen LogP contribution is 2.34. The Balaban J connectivity index is 1.45. The predicted molar refractivity (Wildman–Crippen MR) is 91.1 cm³/mol. The monoisotopic (exact) mass is 344 g/mol. The van der Waals surface area contributed by atoms with Crippen molar-refractivity contribution in [2.75, 3.05) is 23.6 Å². The Kier molecular flexibility index (Phi) is 4.17. The van der Waals surface area contributed by atoms with Crippen molar-refractivity contribution in [3.63, 3.8) is 0 Å². The van der Waals surface area contributed by atoms with Crippen molar-refractivity contribution in [3.8, 4) is 17.4 Å². The highest BCUT2D eigenvalue weighted by molar-refractivity contribution is 7.99. The number of fused-ring (bicyclic) bond motifs is 1. The second kappa shape index (κ2) is 6.60. The molecule has 7 heteroatoms. The zero-order valence-corrected chi connectivity index (χ0v) is 13.7. The fourth-order valence-electron chi connectivity index (χ4n) is 2.57. The van der Waals surface area contributed by atoms with Crippen molar-refractivity contribution in [2.45, 2.75) is 12.5 Å². The summed E-state index contributed by atoms with van der Waals surface area (Å²) in [5, 5.41) is 2.85. The van der Waals surface area contributed by atoms with Crippen LogP contribution in [0.15, 0.2) is 36.5 Å². The van der Waals surface area contributed by atoms with Crippen LogP contribution in [0.1, 0.15) is 16.8 Å². The molecule has 1 N–H and O–H groups in total. The Hall–Kier alpha value is -2.41. The number of nitrogens with zero attached hydrogens (tertiary/aromatic N) is 1. The molecule has 2 aliphatic rings. The average Bonchev–Trinajstić information content (AvgIpc) is 3.26. The summed E-state index contributed by atoms with van der Waals surface area (Å²) in [7, 11) is 0. The van der Waals surface area contributed by atoms with Gasteiger partial charge in [0.15, 0.2) is 11.5 Å². The number of carbonyl (C=O) groups is 1. The van der Waals surface area contributed by atoms with Gasteiger partial charge in [0.1, 0.15) is 6.10 Å². The van der Waals surface area contributed by atoms with E-state index in [4.69, 9.17) is 14.2 Å². The molecule has 4 rings (SSSR count). The lowest BCUT2D eigenvalue weighted by atomic mass is 10.2. The maximum atomic E-state index is 12.4. The summed E-state index contributed by atoms with van der Waals surface area (Å²) in [4.78, 5) is 16.6. The fourth-order valence-corrected chi connectivity index (χ4v) is 3.66. The molecule has 24 heavy (non-hydrogen) atoms. The summed E-state index contributed by atoms with van der Waals surface area (Å²) >= 11 is 1.87. The second-order valence-electron chi connectivity index (χ2n) is 5.51. The number of hydrogen-bond donors (Lipinski definition) is 1. The first-order chi connectivity index (χ1) is 11.8. The Bertz CT molecular complexity index is 762. The van der Waals surface area contributed by atoms with Gasteiger partial charge in [-0.1, -0.05) is 0 Å². The Morgan fingerprint density at radius 2 is 2.17 bits per heavy atom. The molecular weight excluding hydrogens is 328 g/mol. The zero-order valence-electron chi connectivity index (χ0n) is 12.9. The number of rotatable bonds is 4. The molecule has 2 aliphatic heterocycles. The number of anilines is 1. The molecule has 2 aromatic rings. The maximum absolute atomic E-state index is 12.4. The van der Waals surface area contributed by atoms with Gasteiger partial charge in [0.25, 0.3) is 5.91 Å². The molecule has 0 bridgehead atoms. The molecule has 1 fully saturated rings. The SMILES string of the molecule is O=C(Nc1ccc2c(c1)OCO2)c1ccnc(O[C@H]2CCSC2)c1. The third kappa shape index (κ3) is 3.26. The summed E-state index contributed by atoms with van der Waals surface area (Å²) in [5.74, 6) is 3.65. The topological polar surface area (TPSA) is 69.7 Å². The number of benzene rings is 1. The molecular formula is C17H16N2O4S. The van der Waals surface area contributed by atoms with E-state index >= 15 is 0 Å². The van der Waals surface area contributed by atoms with Crippen LogP contribution in [0.4, 0.5) is 5.69 Å². The molecule has 3 heterocycles. The molecule has 1 amide bonds. The van der Waals surface area contributed by atoms with E-state index < -0.39 is 0 Å². The summed E-state index contributed by atoms with van der Waals surface area (Å²) in [6.45, 7) is 0.206. The minimum absolute atomic E-state index is 0.176. The molecule has 0 unspecified atom stereocenters. The van der Waals surface area contributed by atoms with Gasteiger partial charge in [-0.3, -0.25) is 4.79 Å². The molecule has 0 spiro atoms. The van der Waals surface area contributed by atoms with Crippen molar-refractivity contribution >= 4 is 23.4 Å². The summed E-state index contributed by atoms with van der Waals surface area (Å²) in [6, 6.07) is 8.63. The van der Waals surface area contributed by atoms with E-state index in [0.717, 1.165) is 17.9 Å². The van der Waals surface area contributed by atoms with Gasteiger partial charge in [-0.05, 0) is 30.4 Å². The van der Waals surface area contributed by atoms with Crippen LogP contribution < -0.4 is 19.5 Å². The first kappa shape index (κ1) is 15.1. The minimum Gasteiger partial charge on any atom is -0.473 e. The third-order valence-corrected chi connectivity index (χ3v) is 4.93. The number of amides is 1. The van der Waals surface area contributed by atoms with E-state index in [1.807, 2.05) is 11.8 Å². The van der Waals surface area contributed by atoms with Gasteiger partial charge in [0.2, 0.25) is 12.7 Å². The molecule has 124 valence electrons. The van der Waals surface area contributed by atoms with Crippen molar-refractivity contribution in [1.82, 2.24) is 4.98 Å². The van der Waals surface area contributed by atoms with Crippen molar-refractivity contribution in [2.24, 2.45) is 0 Å². The van der Waals surface area contributed by atoms with E-state index in [-0.39, 0.29) is 18.8 Å². The number of nitrogens with one attached hydrogen (secondary N) is 1. The van der Waals surface area contributed by atoms with Crippen LogP contribution in [0.5, 0.6) is 17.4 Å². The molecule has 1 aromatic heterocycles. The normalized spacial score (nSPS) is 18.4. The molecule has 1 atom stereocenters. The lowest BCUT2D eigenvalue weighted by molar-refractivity contribution is 0.102. The first-order valence-electron chi connectivity index (χ1n) is 7.69. The quantitative estimate of drug-likeness (QED) is 0.920. The smallest absolute Gasteiger partial charge is 0.255 e. The van der Waals surface area contributed by atoms with Crippen LogP contribution in [0, 0.1) is 0 Å². The number of thioether (sulfide) groups is 1. The van der Waals surface area contributed by atoms with Gasteiger partial charge in [-0.2, -0.15) is 11.8 Å². The van der Waals surface area contributed by atoms with Crippen LogP contribution in [-0.2, 0) is 0 Å². The Morgan fingerprint density at radius 3 is 3.04 bits per heavy atom. The van der Waals surface area contributed by atoms with Crippen molar-refractivity contribution in [1.29, 1.82) is 0 Å². The third-order valence-electron chi connectivity index (χ3n) is 3.80. The highest BCUT2D eigenvalue weighted by atomic mass is 32.2. The van der Waals surface area contributed by atoms with Gasteiger partial charge in [-0.15, -0.1) is 0 Å². The summed E-state index contributed by atoms with van der Waals surface area (Å²) in [5.41, 5.74) is 1.15. The number of aromatic nitrogens is 1. The van der Waals surface area contributed by atoms with Gasteiger partial charge in [-0.25, -0.2) is 4.98 Å². The molecule has 0 saturated carbocycles. The van der Waals surface area contributed by atoms with Crippen LogP contribution in [0.2, 0.25) is 0 Å². The zero-order chi connectivity index (χ0) is 16.4. The van der Waals surface area contributed by atoms with E-state index in [1.54, 1.807) is 36.5 Å². The summed E-state index contributed by atoms with van der Waals surface area (Å²) < 4.78 is 16.4. The average molecular weight is 344 g/mol. The van der Waals surface area contributed by atoms with Crippen molar-refractivity contribution in [3.05, 3.63) is 42.1 Å². The van der Waals surface area contributed by atoms with Gasteiger partial charge in [0, 0.05) is 35.3 Å². The first-order valence-corrected chi connectivity index (χ1v) is 8.85. The minimum atomic E-state index is -0.220. The fraction of sp³-hybridized carbons (Fsp3) is 0.294. The van der Waals surface area contributed by atoms with E-state index in [0.29, 0.717) is 28.6 Å². The molecule has 6 nitrogen and oxygen atoms in total. The van der Waals surface area contributed by atoms with Crippen LogP contribution in [-0.4, -0.2) is 35.3 Å². The Morgan fingerprint density at radius 1 is 1.25 bits per heavy atom. The second-order valence-corrected chi connectivity index (χ2v) is 6.66. The largest absolute Gasteiger partial charge is 0.473 e. The van der Waals surface area contributed by atoms with E-state index in [9.17, 15) is 4.79 Å². The number of carbonyl (C=O) groups excluding carboxylic acids is 1. The molecule has 0 aliphatic carbocycles. The van der Waals surface area contributed by atoms with Crippen LogP contribution in [0.25, 0.3) is 0 Å². The number of ether oxygens (including phenoxy) is 3. The van der Waals surface area contributed by atoms with E-state index in [1.165, 1.54) is 0 Å². The number of pyridine rings is 1. The van der Waals surface area contributed by atoms with Gasteiger partial charge >= 0.3 is 0 Å². The standard InChI is InChI=1S/C17H16N2O4S/c20-17(19-12-1-2-14-15(8-12)22-10-21-14)11-3-5-18-16(7-11)23-13-4-6-24-9-13/h1-3,5,7-8,13H,4,6,9-10H2,(H,19,20)/t13-/m0/s1. The van der Waals surface area contributed by atoms with Crippen LogP contribution in [0.3, 0.4) is 0 Å². The maximum Gasteiger partial charge on any atom is 0.255 e. The molecule has 1 aromatic carbocycles. The lowest BCUT2D eigenvalue weighted by Crippen LogP contribution is -2.17. The summed E-state index contributed by atoms with van der Waals surface area (Å²) in [6.07, 6.45) is 2.78. The van der Waals surface area contributed by atoms with Crippen molar-refractivity contribution < 1.29 is 19.0 Å². The molecule has 0 radical (unpaired) electrons. The van der Waals surface area contributed by atoms with Gasteiger partial charge in [0.05, 0.1) is 0 Å². The highest BCUT2D eigenvalue weighted by Gasteiger charge is 2.19. The lowest BCUT2D eigenvalue weighted by Gasteiger charge is -2.12.